The lowest BCUT2D eigenvalue weighted by Gasteiger charge is -2.34. The van der Waals surface area contributed by atoms with Crippen LogP contribution in [0.2, 0.25) is 0 Å². The minimum atomic E-state index is -4.39. The van der Waals surface area contributed by atoms with Crippen molar-refractivity contribution in [2.45, 2.75) is 24.6 Å². The van der Waals surface area contributed by atoms with Gasteiger partial charge in [-0.05, 0) is 36.7 Å². The first kappa shape index (κ1) is 20.1. The number of nitrogens with two attached hydrogens (primary N) is 1. The summed E-state index contributed by atoms with van der Waals surface area (Å²) in [5.74, 6) is -0.224. The number of aromatic nitrogens is 2. The number of piperidine rings is 1. The molecule has 156 valence electrons. The number of rotatable bonds is 4. The zero-order valence-electron chi connectivity index (χ0n) is 15.9. The number of hydrogen-bond acceptors (Lipinski definition) is 5. The molecule has 1 fully saturated rings. The van der Waals surface area contributed by atoms with Crippen LogP contribution in [0.3, 0.4) is 0 Å². The Morgan fingerprint density at radius 1 is 1.17 bits per heavy atom. The molecule has 1 aromatic heterocycles. The summed E-state index contributed by atoms with van der Waals surface area (Å²) in [5.41, 5.74) is 6.13. The molecule has 9 heteroatoms. The number of anilines is 1. The van der Waals surface area contributed by atoms with Crippen molar-refractivity contribution in [1.82, 2.24) is 15.3 Å². The number of carbonyl (C=O) groups excluding carboxylic acids is 1. The molecule has 0 bridgehead atoms. The summed E-state index contributed by atoms with van der Waals surface area (Å²) >= 11 is 0. The first-order valence-electron chi connectivity index (χ1n) is 9.52. The average Bonchev–Trinajstić information content (AvgIpc) is 2.73. The highest BCUT2D eigenvalue weighted by Crippen LogP contribution is 2.34. The molecule has 1 aliphatic heterocycles. The molecule has 6 nitrogen and oxygen atoms in total. The summed E-state index contributed by atoms with van der Waals surface area (Å²) in [6.45, 7) is 1.26. The topological polar surface area (TPSA) is 92.9 Å². The molecular formula is C21H20F3N5O. The smallest absolute Gasteiger partial charge is 0.366 e. The van der Waals surface area contributed by atoms with E-state index in [9.17, 15) is 18.0 Å². The normalized spacial score (nSPS) is 19.6. The van der Waals surface area contributed by atoms with Crippen LogP contribution in [-0.4, -0.2) is 35.0 Å². The van der Waals surface area contributed by atoms with Gasteiger partial charge in [-0.2, -0.15) is 13.2 Å². The maximum atomic E-state index is 13.2. The van der Waals surface area contributed by atoms with Crippen LogP contribution >= 0.6 is 0 Å². The van der Waals surface area contributed by atoms with E-state index in [1.54, 1.807) is 24.3 Å². The number of halogens is 3. The van der Waals surface area contributed by atoms with Crippen molar-refractivity contribution in [3.8, 4) is 0 Å². The first-order chi connectivity index (χ1) is 14.3. The van der Waals surface area contributed by atoms with Crippen molar-refractivity contribution in [2.75, 3.05) is 18.4 Å². The van der Waals surface area contributed by atoms with Crippen molar-refractivity contribution in [3.63, 3.8) is 0 Å². The van der Waals surface area contributed by atoms with E-state index in [1.807, 2.05) is 0 Å². The van der Waals surface area contributed by atoms with Gasteiger partial charge in [0.2, 0.25) is 0 Å². The van der Waals surface area contributed by atoms with Crippen LogP contribution in [0.4, 0.5) is 19.0 Å². The summed E-state index contributed by atoms with van der Waals surface area (Å²) in [7, 11) is 0. The summed E-state index contributed by atoms with van der Waals surface area (Å²) < 4.78 is 39.5. The number of hydrogen-bond donors (Lipinski definition) is 3. The Balaban J connectivity index is 1.69. The molecule has 1 saturated heterocycles. The number of nitrogens with zero attached hydrogens (tertiary/aromatic N) is 2. The predicted molar refractivity (Wildman–Crippen MR) is 107 cm³/mol. The highest BCUT2D eigenvalue weighted by molar-refractivity contribution is 6.06. The van der Waals surface area contributed by atoms with Crippen molar-refractivity contribution in [2.24, 2.45) is 5.73 Å². The van der Waals surface area contributed by atoms with Gasteiger partial charge in [-0.1, -0.05) is 24.3 Å². The fourth-order valence-electron chi connectivity index (χ4n) is 3.93. The van der Waals surface area contributed by atoms with Gasteiger partial charge >= 0.3 is 6.18 Å². The van der Waals surface area contributed by atoms with Gasteiger partial charge in [-0.15, -0.1) is 0 Å². The third-order valence-corrected chi connectivity index (χ3v) is 5.38. The van der Waals surface area contributed by atoms with Crippen LogP contribution in [0, 0.1) is 0 Å². The van der Waals surface area contributed by atoms with E-state index < -0.39 is 17.6 Å². The number of carbonyl (C=O) groups is 1. The van der Waals surface area contributed by atoms with Crippen LogP contribution in [-0.2, 0) is 6.18 Å². The van der Waals surface area contributed by atoms with E-state index in [2.05, 4.69) is 20.6 Å². The van der Waals surface area contributed by atoms with E-state index in [0.717, 1.165) is 6.07 Å². The molecule has 3 aromatic rings. The van der Waals surface area contributed by atoms with Crippen molar-refractivity contribution in [1.29, 1.82) is 0 Å². The fraction of sp³-hybridized carbons (Fsp3) is 0.286. The number of benzene rings is 2. The van der Waals surface area contributed by atoms with Gasteiger partial charge in [-0.3, -0.25) is 4.79 Å². The standard InChI is InChI=1S/C21H20F3N5O/c22-21(23,24)13-4-1-3-12(9-13)14-7-8-26-10-17(14)29-20-16-6-2-5-15(19(25)30)18(16)27-11-28-20/h1-6,9,11,14,17,26H,7-8,10H2,(H2,25,30)(H,27,28,29)/t14-,17+/m0/s1. The van der Waals surface area contributed by atoms with E-state index in [-0.39, 0.29) is 17.5 Å². The van der Waals surface area contributed by atoms with E-state index in [4.69, 9.17) is 5.73 Å². The summed E-state index contributed by atoms with van der Waals surface area (Å²) in [6.07, 6.45) is -2.37. The van der Waals surface area contributed by atoms with Gasteiger partial charge in [-0.25, -0.2) is 9.97 Å². The Kier molecular flexibility index (Phi) is 5.29. The molecular weight excluding hydrogens is 395 g/mol. The van der Waals surface area contributed by atoms with Gasteiger partial charge in [0.1, 0.15) is 12.1 Å². The molecule has 0 spiro atoms. The quantitative estimate of drug-likeness (QED) is 0.608. The van der Waals surface area contributed by atoms with E-state index >= 15 is 0 Å². The lowest BCUT2D eigenvalue weighted by Crippen LogP contribution is -2.44. The Morgan fingerprint density at radius 3 is 2.73 bits per heavy atom. The highest BCUT2D eigenvalue weighted by atomic mass is 19.4. The number of para-hydroxylation sites is 1. The molecule has 1 amide bonds. The number of fused-ring (bicyclic) bond motifs is 1. The number of alkyl halides is 3. The molecule has 30 heavy (non-hydrogen) atoms. The Labute approximate surface area is 170 Å². The molecule has 4 N–H and O–H groups in total. The van der Waals surface area contributed by atoms with Crippen LogP contribution in [0.25, 0.3) is 10.9 Å². The minimum Gasteiger partial charge on any atom is -0.366 e. The molecule has 0 radical (unpaired) electrons. The predicted octanol–water partition coefficient (Wildman–Crippen LogP) is 3.31. The van der Waals surface area contributed by atoms with Gasteiger partial charge in [0, 0.05) is 23.9 Å². The molecule has 4 rings (SSSR count). The van der Waals surface area contributed by atoms with Crippen LogP contribution < -0.4 is 16.4 Å². The monoisotopic (exact) mass is 415 g/mol. The number of primary amides is 1. The van der Waals surface area contributed by atoms with Crippen molar-refractivity contribution < 1.29 is 18.0 Å². The van der Waals surface area contributed by atoms with Gasteiger partial charge in [0.05, 0.1) is 16.6 Å². The summed E-state index contributed by atoms with van der Waals surface area (Å²) in [5, 5.41) is 7.25. The maximum absolute atomic E-state index is 13.2. The summed E-state index contributed by atoms with van der Waals surface area (Å²) in [6, 6.07) is 10.3. The largest absolute Gasteiger partial charge is 0.416 e. The third kappa shape index (κ3) is 3.93. The molecule has 0 unspecified atom stereocenters. The lowest BCUT2D eigenvalue weighted by molar-refractivity contribution is -0.137. The number of amides is 1. The zero-order chi connectivity index (χ0) is 21.3. The van der Waals surface area contributed by atoms with Crippen molar-refractivity contribution in [3.05, 3.63) is 65.5 Å². The molecule has 0 saturated carbocycles. The zero-order valence-corrected chi connectivity index (χ0v) is 15.9. The van der Waals surface area contributed by atoms with Crippen LogP contribution in [0.1, 0.15) is 33.8 Å². The Hall–Kier alpha value is -3.20. The number of nitrogens with one attached hydrogen (secondary N) is 2. The van der Waals surface area contributed by atoms with Crippen LogP contribution in [0.5, 0.6) is 0 Å². The van der Waals surface area contributed by atoms with Gasteiger partial charge in [0.15, 0.2) is 0 Å². The minimum absolute atomic E-state index is 0.141. The SMILES string of the molecule is NC(=O)c1cccc2c(N[C@@H]3CNCC[C@H]3c3cccc(C(F)(F)F)c3)ncnc12. The molecule has 0 aliphatic carbocycles. The Bertz CT molecular complexity index is 1090. The summed E-state index contributed by atoms with van der Waals surface area (Å²) in [4.78, 5) is 20.2. The van der Waals surface area contributed by atoms with Gasteiger partial charge in [0.25, 0.3) is 5.91 Å². The second-order valence-electron chi connectivity index (χ2n) is 7.26. The highest BCUT2D eigenvalue weighted by Gasteiger charge is 2.33. The lowest BCUT2D eigenvalue weighted by atomic mass is 9.85. The second-order valence-corrected chi connectivity index (χ2v) is 7.26. The second kappa shape index (κ2) is 7.91. The Morgan fingerprint density at radius 2 is 1.97 bits per heavy atom. The first-order valence-corrected chi connectivity index (χ1v) is 9.52. The van der Waals surface area contributed by atoms with Crippen LogP contribution in [0.15, 0.2) is 48.8 Å². The third-order valence-electron chi connectivity index (χ3n) is 5.38. The van der Waals surface area contributed by atoms with Crippen molar-refractivity contribution >= 4 is 22.6 Å². The van der Waals surface area contributed by atoms with E-state index in [1.165, 1.54) is 18.5 Å². The molecule has 2 atom stereocenters. The maximum Gasteiger partial charge on any atom is 0.416 e. The molecule has 1 aliphatic rings. The molecule has 2 heterocycles. The fourth-order valence-corrected chi connectivity index (χ4v) is 3.93. The van der Waals surface area contributed by atoms with Gasteiger partial charge < -0.3 is 16.4 Å². The average molecular weight is 415 g/mol. The van der Waals surface area contributed by atoms with E-state index in [0.29, 0.717) is 41.8 Å². The molecule has 2 aromatic carbocycles.